The SMILES string of the molecule is CCOc1ccc(S(=O)(=O)N/N=C\c2ccccc2OCc2ccc(C(=O)OC)cc2)cc1. The lowest BCUT2D eigenvalue weighted by molar-refractivity contribution is 0.0600. The number of methoxy groups -OCH3 is 1. The van der Waals surface area contributed by atoms with Gasteiger partial charge >= 0.3 is 5.97 Å². The molecule has 3 aromatic carbocycles. The molecule has 0 unspecified atom stereocenters. The number of sulfonamides is 1. The van der Waals surface area contributed by atoms with Crippen molar-refractivity contribution < 1.29 is 27.4 Å². The molecule has 0 heterocycles. The smallest absolute Gasteiger partial charge is 0.337 e. The molecular formula is C24H24N2O6S. The van der Waals surface area contributed by atoms with Gasteiger partial charge in [0.05, 0.1) is 30.4 Å². The third kappa shape index (κ3) is 6.56. The van der Waals surface area contributed by atoms with Crippen LogP contribution in [-0.4, -0.2) is 34.3 Å². The normalized spacial score (nSPS) is 11.2. The van der Waals surface area contributed by atoms with E-state index in [-0.39, 0.29) is 11.5 Å². The van der Waals surface area contributed by atoms with Gasteiger partial charge in [0.2, 0.25) is 0 Å². The van der Waals surface area contributed by atoms with Crippen molar-refractivity contribution in [3.63, 3.8) is 0 Å². The van der Waals surface area contributed by atoms with Gasteiger partial charge < -0.3 is 14.2 Å². The third-order valence-electron chi connectivity index (χ3n) is 4.51. The molecule has 8 nitrogen and oxygen atoms in total. The van der Waals surface area contributed by atoms with Gasteiger partial charge in [0.1, 0.15) is 18.1 Å². The molecule has 1 N–H and O–H groups in total. The molecule has 9 heteroatoms. The van der Waals surface area contributed by atoms with E-state index in [1.165, 1.54) is 25.5 Å². The van der Waals surface area contributed by atoms with E-state index in [2.05, 4.69) is 14.7 Å². The maximum atomic E-state index is 12.5. The molecule has 0 radical (unpaired) electrons. The summed E-state index contributed by atoms with van der Waals surface area (Å²) in [6.07, 6.45) is 1.38. The van der Waals surface area contributed by atoms with Gasteiger partial charge in [0, 0.05) is 5.56 Å². The zero-order valence-corrected chi connectivity index (χ0v) is 19.0. The standard InChI is InChI=1S/C24H24N2O6S/c1-3-31-21-12-14-22(15-13-21)33(28,29)26-25-16-20-6-4-5-7-23(20)32-17-18-8-10-19(11-9-18)24(27)30-2/h4-16,26H,3,17H2,1-2H3/b25-16-. The molecule has 0 aromatic heterocycles. The van der Waals surface area contributed by atoms with Crippen molar-refractivity contribution in [2.24, 2.45) is 5.10 Å². The molecule has 0 atom stereocenters. The summed E-state index contributed by atoms with van der Waals surface area (Å²) >= 11 is 0. The van der Waals surface area contributed by atoms with Crippen molar-refractivity contribution in [2.75, 3.05) is 13.7 Å². The van der Waals surface area contributed by atoms with Crippen LogP contribution in [0.25, 0.3) is 0 Å². The predicted octanol–water partition coefficient (Wildman–Crippen LogP) is 3.76. The molecule has 0 aliphatic carbocycles. The summed E-state index contributed by atoms with van der Waals surface area (Å²) < 4.78 is 40.8. The molecule has 0 aliphatic rings. The van der Waals surface area contributed by atoms with Gasteiger partial charge in [-0.1, -0.05) is 24.3 Å². The van der Waals surface area contributed by atoms with Crippen molar-refractivity contribution in [1.29, 1.82) is 0 Å². The highest BCUT2D eigenvalue weighted by Crippen LogP contribution is 2.19. The number of para-hydroxylation sites is 1. The first-order chi connectivity index (χ1) is 15.9. The fraction of sp³-hybridized carbons (Fsp3) is 0.167. The molecule has 172 valence electrons. The van der Waals surface area contributed by atoms with Crippen LogP contribution >= 0.6 is 0 Å². The summed E-state index contributed by atoms with van der Waals surface area (Å²) in [5, 5.41) is 3.88. The van der Waals surface area contributed by atoms with E-state index in [1.807, 2.05) is 6.92 Å². The zero-order chi connectivity index (χ0) is 23.7. The minimum absolute atomic E-state index is 0.0723. The molecule has 0 bridgehead atoms. The molecule has 0 amide bonds. The lowest BCUT2D eigenvalue weighted by Crippen LogP contribution is -2.18. The fourth-order valence-electron chi connectivity index (χ4n) is 2.83. The van der Waals surface area contributed by atoms with E-state index < -0.39 is 16.0 Å². The first-order valence-electron chi connectivity index (χ1n) is 10.1. The summed E-state index contributed by atoms with van der Waals surface area (Å²) in [7, 11) is -2.50. The summed E-state index contributed by atoms with van der Waals surface area (Å²) in [6, 6.07) is 20.0. The van der Waals surface area contributed by atoms with Crippen molar-refractivity contribution in [2.45, 2.75) is 18.4 Å². The van der Waals surface area contributed by atoms with Gasteiger partial charge in [-0.2, -0.15) is 13.5 Å². The monoisotopic (exact) mass is 468 g/mol. The molecular weight excluding hydrogens is 444 g/mol. The average molecular weight is 469 g/mol. The van der Waals surface area contributed by atoms with E-state index >= 15 is 0 Å². The van der Waals surface area contributed by atoms with Crippen LogP contribution < -0.4 is 14.3 Å². The number of benzene rings is 3. The van der Waals surface area contributed by atoms with Gasteiger partial charge in [-0.25, -0.2) is 9.63 Å². The van der Waals surface area contributed by atoms with E-state index in [9.17, 15) is 13.2 Å². The summed E-state index contributed by atoms with van der Waals surface area (Å²) in [4.78, 5) is 13.8. The fourth-order valence-corrected chi connectivity index (χ4v) is 3.63. The molecule has 33 heavy (non-hydrogen) atoms. The Labute approximate surface area is 192 Å². The number of ether oxygens (including phenoxy) is 3. The zero-order valence-electron chi connectivity index (χ0n) is 18.2. The highest BCUT2D eigenvalue weighted by atomic mass is 32.2. The lowest BCUT2D eigenvalue weighted by Gasteiger charge is -2.10. The first kappa shape index (κ1) is 23.8. The Balaban J connectivity index is 1.64. The summed E-state index contributed by atoms with van der Waals surface area (Å²) in [6.45, 7) is 2.60. The Hall–Kier alpha value is -3.85. The van der Waals surface area contributed by atoms with E-state index in [0.29, 0.717) is 29.2 Å². The van der Waals surface area contributed by atoms with Gasteiger partial charge in [0.25, 0.3) is 10.0 Å². The van der Waals surface area contributed by atoms with Gasteiger partial charge in [-0.3, -0.25) is 0 Å². The number of carbonyl (C=O) groups excluding carboxylic acids is 1. The maximum absolute atomic E-state index is 12.5. The predicted molar refractivity (Wildman–Crippen MR) is 124 cm³/mol. The van der Waals surface area contributed by atoms with Crippen molar-refractivity contribution in [3.05, 3.63) is 89.5 Å². The molecule has 0 saturated carbocycles. The molecule has 0 fully saturated rings. The number of hydrazone groups is 1. The Bertz CT molecular complexity index is 1210. The summed E-state index contributed by atoms with van der Waals surface area (Å²) in [5.74, 6) is 0.709. The number of carbonyl (C=O) groups is 1. The minimum Gasteiger partial charge on any atom is -0.494 e. The molecule has 0 spiro atoms. The highest BCUT2D eigenvalue weighted by molar-refractivity contribution is 7.89. The Morgan fingerprint density at radius 2 is 1.67 bits per heavy atom. The second kappa shape index (κ2) is 11.1. The number of nitrogens with one attached hydrogen (secondary N) is 1. The van der Waals surface area contributed by atoms with E-state index in [0.717, 1.165) is 5.56 Å². The van der Waals surface area contributed by atoms with Crippen molar-refractivity contribution in [3.8, 4) is 11.5 Å². The Morgan fingerprint density at radius 3 is 2.33 bits per heavy atom. The van der Waals surface area contributed by atoms with Crippen LogP contribution in [0.15, 0.2) is 82.8 Å². The van der Waals surface area contributed by atoms with Gasteiger partial charge in [0.15, 0.2) is 0 Å². The number of hydrogen-bond acceptors (Lipinski definition) is 7. The van der Waals surface area contributed by atoms with Crippen LogP contribution in [0.4, 0.5) is 0 Å². The molecule has 0 saturated heterocycles. The molecule has 0 aliphatic heterocycles. The van der Waals surface area contributed by atoms with Crippen LogP contribution in [0, 0.1) is 0 Å². The Morgan fingerprint density at radius 1 is 0.970 bits per heavy atom. The number of nitrogens with zero attached hydrogens (tertiary/aromatic N) is 1. The quantitative estimate of drug-likeness (QED) is 0.276. The number of rotatable bonds is 10. The number of esters is 1. The minimum atomic E-state index is -3.83. The van der Waals surface area contributed by atoms with Crippen LogP contribution in [-0.2, 0) is 21.4 Å². The molecule has 3 rings (SSSR count). The van der Waals surface area contributed by atoms with E-state index in [4.69, 9.17) is 9.47 Å². The van der Waals surface area contributed by atoms with Crippen LogP contribution in [0.2, 0.25) is 0 Å². The van der Waals surface area contributed by atoms with Gasteiger partial charge in [-0.15, -0.1) is 0 Å². The second-order valence-electron chi connectivity index (χ2n) is 6.77. The van der Waals surface area contributed by atoms with Crippen LogP contribution in [0.5, 0.6) is 11.5 Å². The topological polar surface area (TPSA) is 103 Å². The molecule has 3 aromatic rings. The van der Waals surface area contributed by atoms with Gasteiger partial charge in [-0.05, 0) is 61.0 Å². The second-order valence-corrected chi connectivity index (χ2v) is 8.43. The highest BCUT2D eigenvalue weighted by Gasteiger charge is 2.13. The van der Waals surface area contributed by atoms with Crippen molar-refractivity contribution in [1.82, 2.24) is 4.83 Å². The number of hydrogen-bond donors (Lipinski definition) is 1. The summed E-state index contributed by atoms with van der Waals surface area (Å²) in [5.41, 5.74) is 1.90. The third-order valence-corrected chi connectivity index (χ3v) is 5.75. The lowest BCUT2D eigenvalue weighted by atomic mass is 10.1. The maximum Gasteiger partial charge on any atom is 0.337 e. The largest absolute Gasteiger partial charge is 0.494 e. The van der Waals surface area contributed by atoms with Crippen LogP contribution in [0.1, 0.15) is 28.4 Å². The Kier molecular flexibility index (Phi) is 8.04. The van der Waals surface area contributed by atoms with Crippen LogP contribution in [0.3, 0.4) is 0 Å². The average Bonchev–Trinajstić information content (AvgIpc) is 2.84. The first-order valence-corrected chi connectivity index (χ1v) is 11.6. The van der Waals surface area contributed by atoms with Crippen molar-refractivity contribution >= 4 is 22.2 Å². The van der Waals surface area contributed by atoms with E-state index in [1.54, 1.807) is 60.7 Å².